The van der Waals surface area contributed by atoms with Crippen LogP contribution < -0.4 is 51.7 Å². The molecule has 9 heterocycles. The van der Waals surface area contributed by atoms with Crippen LogP contribution in [0.3, 0.4) is 0 Å². The topological polar surface area (TPSA) is 98.3 Å². The van der Waals surface area contributed by atoms with Gasteiger partial charge in [-0.1, -0.05) is 59.9 Å². The Labute approximate surface area is 478 Å². The first-order valence-electron chi connectivity index (χ1n) is 24.7. The van der Waals surface area contributed by atoms with Gasteiger partial charge in [0, 0.05) is 88.1 Å². The van der Waals surface area contributed by atoms with Gasteiger partial charge in [-0.3, -0.25) is 14.7 Å². The van der Waals surface area contributed by atoms with E-state index in [9.17, 15) is 0 Å². The van der Waals surface area contributed by atoms with E-state index in [-0.39, 0.29) is 55.6 Å². The maximum Gasteiger partial charge on any atom is 0.215 e. The molecule has 15 heteroatoms. The Morgan fingerprint density at radius 3 is 1.39 bits per heavy atom. The number of nitrogens with zero attached hydrogens (tertiary/aromatic N) is 6. The number of thiophene rings is 1. The number of hydrogen-bond acceptors (Lipinski definition) is 9. The molecule has 0 bridgehead atoms. The number of rotatable bonds is 6. The minimum absolute atomic E-state index is 0. The summed E-state index contributed by atoms with van der Waals surface area (Å²) in [6.07, 6.45) is 11.4. The number of fused-ring (bicyclic) bond motifs is 8. The van der Waals surface area contributed by atoms with Gasteiger partial charge in [-0.15, -0.1) is 46.1 Å². The van der Waals surface area contributed by atoms with Gasteiger partial charge in [0.1, 0.15) is 23.0 Å². The molecule has 0 unspecified atom stereocenters. The van der Waals surface area contributed by atoms with Crippen LogP contribution in [0.15, 0.2) is 122 Å². The molecule has 0 amide bonds. The van der Waals surface area contributed by atoms with Crippen LogP contribution >= 0.6 is 11.3 Å². The van der Waals surface area contributed by atoms with Crippen molar-refractivity contribution in [3.63, 3.8) is 0 Å². The van der Waals surface area contributed by atoms with Crippen molar-refractivity contribution in [2.24, 2.45) is 0 Å². The molecular formula is C62H38B2N6O4Pt2S-6. The zero-order valence-corrected chi connectivity index (χ0v) is 47.4. The Hall–Kier alpha value is -7.55. The van der Waals surface area contributed by atoms with E-state index < -0.39 is 0 Å². The standard InChI is InChI=1S/C62H38B2N6O4S.2Pt/c1-33-17-35(3)57(36(4)18-33)42-26-67-69(30-42)44-24-48-61(65-28-44)73-54-11-7-9-52-59(54)63(48)46-21-39(13-15-50(46)71-52)41-23-56(75-32-41)40-14-16-51-47(22-40)64-49-25-45(29-66-62(49)74-55-12-8-10-53(72-51)60(55)64)70-31-43(27-68-70)58-37(5)19-34(2)20-38(58)6;;/h7-20,26-31H,1-6H3;;/q-6;;. The third-order valence-electron chi connectivity index (χ3n) is 14.7. The largest absolute Gasteiger partial charge is 0.503 e. The third-order valence-corrected chi connectivity index (χ3v) is 15.5. The smallest absolute Gasteiger partial charge is 0.215 e. The molecule has 11 aromatic rings. The Balaban J connectivity index is 0.00000283. The van der Waals surface area contributed by atoms with Crippen LogP contribution in [-0.2, 0) is 42.1 Å². The molecule has 4 aliphatic heterocycles. The first kappa shape index (κ1) is 49.0. The van der Waals surface area contributed by atoms with Crippen molar-refractivity contribution in [3.05, 3.63) is 191 Å². The van der Waals surface area contributed by atoms with Gasteiger partial charge in [0.2, 0.25) is 13.4 Å². The van der Waals surface area contributed by atoms with Gasteiger partial charge in [-0.2, -0.15) is 32.8 Å². The summed E-state index contributed by atoms with van der Waals surface area (Å²) in [5.74, 6) is 5.16. The maximum atomic E-state index is 6.59. The van der Waals surface area contributed by atoms with Crippen molar-refractivity contribution in [2.75, 3.05) is 0 Å². The maximum absolute atomic E-state index is 6.59. The molecule has 0 saturated heterocycles. The summed E-state index contributed by atoms with van der Waals surface area (Å²) in [6, 6.07) is 47.2. The summed E-state index contributed by atoms with van der Waals surface area (Å²) >= 11 is 1.48. The van der Waals surface area contributed by atoms with Crippen molar-refractivity contribution >= 4 is 57.5 Å². The zero-order valence-electron chi connectivity index (χ0n) is 42.1. The number of pyridine rings is 2. The number of benzene rings is 6. The second-order valence-corrected chi connectivity index (χ2v) is 20.6. The van der Waals surface area contributed by atoms with Crippen LogP contribution in [0.2, 0.25) is 0 Å². The fourth-order valence-corrected chi connectivity index (χ4v) is 12.5. The summed E-state index contributed by atoms with van der Waals surface area (Å²) in [6.45, 7) is 12.2. The van der Waals surface area contributed by atoms with E-state index >= 15 is 0 Å². The van der Waals surface area contributed by atoms with Crippen LogP contribution in [-0.4, -0.2) is 43.0 Å². The van der Waals surface area contributed by atoms with Gasteiger partial charge in [0.05, 0.1) is 24.2 Å². The van der Waals surface area contributed by atoms with E-state index in [0.717, 1.165) is 77.0 Å². The molecule has 77 heavy (non-hydrogen) atoms. The molecule has 0 saturated carbocycles. The number of aromatic nitrogens is 6. The quantitative estimate of drug-likeness (QED) is 0.120. The average Bonchev–Trinajstić information content (AvgIpc) is 4.22. The molecule has 6 aromatic carbocycles. The summed E-state index contributed by atoms with van der Waals surface area (Å²) in [4.78, 5) is 10.6. The van der Waals surface area contributed by atoms with Crippen LogP contribution in [0.25, 0.3) is 55.2 Å². The summed E-state index contributed by atoms with van der Waals surface area (Å²) in [7, 11) is 0. The second-order valence-electron chi connectivity index (χ2n) is 19.8. The molecule has 378 valence electrons. The molecule has 0 atom stereocenters. The van der Waals surface area contributed by atoms with Gasteiger partial charge in [-0.05, 0) is 111 Å². The van der Waals surface area contributed by atoms with Crippen molar-refractivity contribution < 1.29 is 61.1 Å². The SMILES string of the molecule is Cc1cc(C)c(-c2cnn(-c3[c-]c4c(nc3)Oc3cccc5c3B4c3[c-]c(-c4[c-]sc(-c6[c-]c7c(cc6)Oc6cccc8c6B7c6[c-]c(-n7cc(-c9c(C)cc(C)cc9C)cn7)cnc6O8)[c-]4)ccc3O5)c2)c(C)c1.[Pt].[Pt]. The zero-order chi connectivity index (χ0) is 50.4. The van der Waals surface area contributed by atoms with Crippen LogP contribution in [0.4, 0.5) is 0 Å². The molecule has 0 fully saturated rings. The molecule has 0 N–H and O–H groups in total. The number of ether oxygens (including phenoxy) is 4. The monoisotopic (exact) mass is 1370 g/mol. The van der Waals surface area contributed by atoms with E-state index in [1.54, 1.807) is 12.4 Å². The average molecular weight is 1370 g/mol. The third kappa shape index (κ3) is 7.91. The van der Waals surface area contributed by atoms with Crippen molar-refractivity contribution in [1.29, 1.82) is 0 Å². The normalized spacial score (nSPS) is 12.7. The molecule has 4 aliphatic rings. The van der Waals surface area contributed by atoms with E-state index in [1.165, 1.54) is 55.8 Å². The second kappa shape index (κ2) is 18.6. The summed E-state index contributed by atoms with van der Waals surface area (Å²) in [5.41, 5.74) is 20.6. The molecule has 0 spiro atoms. The van der Waals surface area contributed by atoms with Crippen LogP contribution in [0.5, 0.6) is 46.3 Å². The van der Waals surface area contributed by atoms with Gasteiger partial charge in [0.15, 0.2) is 0 Å². The van der Waals surface area contributed by atoms with E-state index in [2.05, 4.69) is 102 Å². The van der Waals surface area contributed by atoms with Gasteiger partial charge in [0.25, 0.3) is 0 Å². The Morgan fingerprint density at radius 2 is 0.909 bits per heavy atom. The Kier molecular flexibility index (Phi) is 11.8. The first-order valence-corrected chi connectivity index (χ1v) is 25.5. The predicted octanol–water partition coefficient (Wildman–Crippen LogP) is 9.68. The minimum Gasteiger partial charge on any atom is -0.503 e. The molecule has 0 aliphatic carbocycles. The molecule has 0 radical (unpaired) electrons. The van der Waals surface area contributed by atoms with Gasteiger partial charge in [-0.25, -0.2) is 12.1 Å². The molecule has 10 nitrogen and oxygen atoms in total. The van der Waals surface area contributed by atoms with Gasteiger partial charge >= 0.3 is 0 Å². The van der Waals surface area contributed by atoms with Crippen molar-refractivity contribution in [3.8, 4) is 101 Å². The van der Waals surface area contributed by atoms with E-state index in [1.807, 2.05) is 94.8 Å². The van der Waals surface area contributed by atoms with Crippen LogP contribution in [0, 0.1) is 77.3 Å². The minimum atomic E-state index is -0.335. The molecule has 5 aromatic heterocycles. The molecular weight excluding hydrogens is 1340 g/mol. The van der Waals surface area contributed by atoms with Crippen LogP contribution in [0.1, 0.15) is 33.4 Å². The Bertz CT molecular complexity index is 3940. The van der Waals surface area contributed by atoms with E-state index in [0.29, 0.717) is 46.1 Å². The summed E-state index contributed by atoms with van der Waals surface area (Å²) < 4.78 is 29.8. The number of hydrogen-bond donors (Lipinski definition) is 0. The fourth-order valence-electron chi connectivity index (χ4n) is 11.7. The summed E-state index contributed by atoms with van der Waals surface area (Å²) in [5, 5.41) is 13.2. The van der Waals surface area contributed by atoms with Gasteiger partial charge < -0.3 is 57.4 Å². The van der Waals surface area contributed by atoms with E-state index in [4.69, 9.17) is 39.1 Å². The predicted molar refractivity (Wildman–Crippen MR) is 293 cm³/mol. The molecule has 15 rings (SSSR count). The Morgan fingerprint density at radius 1 is 0.468 bits per heavy atom. The van der Waals surface area contributed by atoms with Crippen molar-refractivity contribution in [2.45, 2.75) is 41.5 Å². The van der Waals surface area contributed by atoms with Crippen molar-refractivity contribution in [1.82, 2.24) is 29.5 Å². The first-order chi connectivity index (χ1) is 36.6. The fraction of sp³-hybridized carbons (Fsp3) is 0.0968. The number of aryl methyl sites for hydroxylation is 6.